The average molecular weight is 330 g/mol. The van der Waals surface area contributed by atoms with Gasteiger partial charge < -0.3 is 5.11 Å². The topological polar surface area (TPSA) is 83.5 Å². The highest BCUT2D eigenvalue weighted by Crippen LogP contribution is 2.26. The van der Waals surface area contributed by atoms with Gasteiger partial charge in [0.05, 0.1) is 16.3 Å². The number of halogens is 2. The molecule has 8 heteroatoms. The Balaban J connectivity index is 2.38. The number of benzene rings is 2. The van der Waals surface area contributed by atoms with Crippen LogP contribution in [-0.2, 0) is 10.0 Å². The third-order valence-electron chi connectivity index (χ3n) is 2.59. The summed E-state index contributed by atoms with van der Waals surface area (Å²) in [6.45, 7) is 0. The van der Waals surface area contributed by atoms with Crippen molar-refractivity contribution in [3.05, 3.63) is 58.9 Å². The van der Waals surface area contributed by atoms with Crippen molar-refractivity contribution in [2.24, 2.45) is 0 Å². The van der Waals surface area contributed by atoms with Crippen LogP contribution >= 0.6 is 11.6 Å². The van der Waals surface area contributed by atoms with Gasteiger partial charge in [-0.05, 0) is 30.3 Å². The molecule has 0 aliphatic carbocycles. The van der Waals surface area contributed by atoms with Gasteiger partial charge in [0.2, 0.25) is 0 Å². The molecule has 0 aromatic heterocycles. The fraction of sp³-hybridized carbons (Fsp3) is 0. The molecule has 5 nitrogen and oxygen atoms in total. The van der Waals surface area contributed by atoms with Gasteiger partial charge in [-0.25, -0.2) is 17.6 Å². The van der Waals surface area contributed by atoms with Crippen molar-refractivity contribution in [3.8, 4) is 0 Å². The zero-order valence-corrected chi connectivity index (χ0v) is 12.0. The number of carboxylic acids is 1. The molecule has 0 radical (unpaired) electrons. The molecule has 0 unspecified atom stereocenters. The van der Waals surface area contributed by atoms with Crippen molar-refractivity contribution in [2.75, 3.05) is 4.72 Å². The molecule has 0 aliphatic heterocycles. The highest BCUT2D eigenvalue weighted by atomic mass is 35.5. The van der Waals surface area contributed by atoms with E-state index in [4.69, 9.17) is 16.7 Å². The second-order valence-corrected chi connectivity index (χ2v) is 6.09. The molecule has 0 heterocycles. The van der Waals surface area contributed by atoms with Crippen molar-refractivity contribution in [3.63, 3.8) is 0 Å². The first kappa shape index (κ1) is 15.3. The number of rotatable bonds is 4. The van der Waals surface area contributed by atoms with Crippen molar-refractivity contribution in [1.29, 1.82) is 0 Å². The summed E-state index contributed by atoms with van der Waals surface area (Å²) in [7, 11) is -4.16. The van der Waals surface area contributed by atoms with E-state index in [0.717, 1.165) is 18.2 Å². The highest BCUT2D eigenvalue weighted by molar-refractivity contribution is 7.92. The number of nitrogens with one attached hydrogen (secondary N) is 1. The zero-order valence-electron chi connectivity index (χ0n) is 10.4. The SMILES string of the molecule is O=C(O)c1ccc(NS(=O)(=O)c2ccccc2F)c(Cl)c1. The van der Waals surface area contributed by atoms with E-state index < -0.39 is 26.7 Å². The quantitative estimate of drug-likeness (QED) is 0.903. The van der Waals surface area contributed by atoms with Gasteiger partial charge in [0.15, 0.2) is 0 Å². The van der Waals surface area contributed by atoms with E-state index in [1.807, 2.05) is 0 Å². The standard InChI is InChI=1S/C13H9ClFNO4S/c14-9-7-8(13(17)18)5-6-11(9)16-21(19,20)12-4-2-1-3-10(12)15/h1-7,16H,(H,17,18). The Labute approximate surface area is 125 Å². The van der Waals surface area contributed by atoms with E-state index in [9.17, 15) is 17.6 Å². The molecule has 0 fully saturated rings. The lowest BCUT2D eigenvalue weighted by Gasteiger charge is -2.10. The van der Waals surface area contributed by atoms with Crippen LogP contribution < -0.4 is 4.72 Å². The fourth-order valence-corrected chi connectivity index (χ4v) is 3.04. The maximum atomic E-state index is 13.5. The maximum Gasteiger partial charge on any atom is 0.335 e. The summed E-state index contributed by atoms with van der Waals surface area (Å²) in [5, 5.41) is 8.70. The van der Waals surface area contributed by atoms with E-state index in [-0.39, 0.29) is 16.3 Å². The third kappa shape index (κ3) is 3.32. The molecule has 0 saturated heterocycles. The van der Waals surface area contributed by atoms with Crippen LogP contribution in [-0.4, -0.2) is 19.5 Å². The van der Waals surface area contributed by atoms with Gasteiger partial charge in [-0.15, -0.1) is 0 Å². The van der Waals surface area contributed by atoms with Gasteiger partial charge in [0, 0.05) is 0 Å². The molecule has 2 aromatic rings. The maximum absolute atomic E-state index is 13.5. The molecule has 0 atom stereocenters. The number of anilines is 1. The van der Waals surface area contributed by atoms with E-state index >= 15 is 0 Å². The van der Waals surface area contributed by atoms with Crippen LogP contribution in [0.5, 0.6) is 0 Å². The molecule has 0 saturated carbocycles. The second-order valence-electron chi connectivity index (χ2n) is 4.04. The summed E-state index contributed by atoms with van der Waals surface area (Å²) in [6.07, 6.45) is 0. The van der Waals surface area contributed by atoms with Gasteiger partial charge in [-0.1, -0.05) is 23.7 Å². The van der Waals surface area contributed by atoms with Crippen LogP contribution in [0.1, 0.15) is 10.4 Å². The number of hydrogen-bond donors (Lipinski definition) is 2. The third-order valence-corrected chi connectivity index (χ3v) is 4.30. The summed E-state index contributed by atoms with van der Waals surface area (Å²) in [4.78, 5) is 10.2. The number of aromatic carboxylic acids is 1. The predicted molar refractivity (Wildman–Crippen MR) is 75.6 cm³/mol. The highest BCUT2D eigenvalue weighted by Gasteiger charge is 2.20. The molecule has 0 bridgehead atoms. The monoisotopic (exact) mass is 329 g/mol. The van der Waals surface area contributed by atoms with Gasteiger partial charge >= 0.3 is 5.97 Å². The first-order chi connectivity index (χ1) is 9.81. The van der Waals surface area contributed by atoms with Gasteiger partial charge in [0.1, 0.15) is 10.7 Å². The van der Waals surface area contributed by atoms with Crippen LogP contribution in [0.3, 0.4) is 0 Å². The molecule has 0 spiro atoms. The lowest BCUT2D eigenvalue weighted by Crippen LogP contribution is -2.15. The van der Waals surface area contributed by atoms with Crippen molar-refractivity contribution >= 4 is 33.3 Å². The second kappa shape index (κ2) is 5.71. The van der Waals surface area contributed by atoms with E-state index in [2.05, 4.69) is 4.72 Å². The summed E-state index contributed by atoms with van der Waals surface area (Å²) in [5.41, 5.74) is -0.126. The molecule has 0 amide bonds. The van der Waals surface area contributed by atoms with E-state index in [0.29, 0.717) is 0 Å². The Hall–Kier alpha value is -2.12. The fourth-order valence-electron chi connectivity index (χ4n) is 1.59. The minimum absolute atomic E-state index is 0.0371. The molecule has 110 valence electrons. The largest absolute Gasteiger partial charge is 0.478 e. The summed E-state index contributed by atoms with van der Waals surface area (Å²) in [6, 6.07) is 8.36. The smallest absolute Gasteiger partial charge is 0.335 e. The Bertz CT molecular complexity index is 808. The van der Waals surface area contributed by atoms with Gasteiger partial charge in [0.25, 0.3) is 10.0 Å². The number of sulfonamides is 1. The molecule has 21 heavy (non-hydrogen) atoms. The summed E-state index contributed by atoms with van der Waals surface area (Å²) in [5.74, 6) is -2.09. The molecular weight excluding hydrogens is 321 g/mol. The Morgan fingerprint density at radius 2 is 1.86 bits per heavy atom. The van der Waals surface area contributed by atoms with Crippen molar-refractivity contribution in [2.45, 2.75) is 4.90 Å². The molecule has 2 N–H and O–H groups in total. The van der Waals surface area contributed by atoms with Crippen molar-refractivity contribution < 1.29 is 22.7 Å². The Morgan fingerprint density at radius 1 is 1.19 bits per heavy atom. The summed E-state index contributed by atoms with van der Waals surface area (Å²) >= 11 is 5.82. The number of carboxylic acid groups (broad SMARTS) is 1. The minimum Gasteiger partial charge on any atom is -0.478 e. The first-order valence-corrected chi connectivity index (χ1v) is 7.47. The number of carbonyl (C=O) groups is 1. The summed E-state index contributed by atoms with van der Waals surface area (Å²) < 4.78 is 39.8. The Morgan fingerprint density at radius 3 is 2.43 bits per heavy atom. The van der Waals surface area contributed by atoms with Gasteiger partial charge in [-0.3, -0.25) is 4.72 Å². The molecule has 2 rings (SSSR count). The van der Waals surface area contributed by atoms with Crippen LogP contribution in [0.2, 0.25) is 5.02 Å². The minimum atomic E-state index is -4.16. The van der Waals surface area contributed by atoms with Crippen LogP contribution in [0.25, 0.3) is 0 Å². The van der Waals surface area contributed by atoms with Crippen LogP contribution in [0.15, 0.2) is 47.4 Å². The van der Waals surface area contributed by atoms with Crippen LogP contribution in [0.4, 0.5) is 10.1 Å². The van der Waals surface area contributed by atoms with E-state index in [1.54, 1.807) is 0 Å². The predicted octanol–water partition coefficient (Wildman–Crippen LogP) is 2.98. The lowest BCUT2D eigenvalue weighted by atomic mass is 10.2. The van der Waals surface area contributed by atoms with Gasteiger partial charge in [-0.2, -0.15) is 0 Å². The number of hydrogen-bond acceptors (Lipinski definition) is 3. The van der Waals surface area contributed by atoms with Crippen molar-refractivity contribution in [1.82, 2.24) is 0 Å². The molecular formula is C13H9ClFNO4S. The first-order valence-electron chi connectivity index (χ1n) is 5.61. The molecule has 2 aromatic carbocycles. The normalized spacial score (nSPS) is 11.1. The van der Waals surface area contributed by atoms with Crippen LogP contribution in [0, 0.1) is 5.82 Å². The molecule has 0 aliphatic rings. The Kier molecular flexibility index (Phi) is 4.15. The average Bonchev–Trinajstić information content (AvgIpc) is 2.41. The lowest BCUT2D eigenvalue weighted by molar-refractivity contribution is 0.0697. The zero-order chi connectivity index (χ0) is 15.6. The van der Waals surface area contributed by atoms with E-state index in [1.165, 1.54) is 24.3 Å².